The van der Waals surface area contributed by atoms with Crippen molar-refractivity contribution in [2.45, 2.75) is 20.3 Å². The van der Waals surface area contributed by atoms with Gasteiger partial charge in [0.1, 0.15) is 12.2 Å². The smallest absolute Gasteiger partial charge is 0.235 e. The molecule has 0 atom stereocenters. The maximum atomic E-state index is 11.8. The fourth-order valence-electron chi connectivity index (χ4n) is 1.69. The van der Waals surface area contributed by atoms with Gasteiger partial charge < -0.3 is 15.2 Å². The molecule has 2 rings (SSSR count). The van der Waals surface area contributed by atoms with Crippen molar-refractivity contribution in [3.63, 3.8) is 0 Å². The highest BCUT2D eigenvalue weighted by Gasteiger charge is 2.12. The molecule has 7 heteroatoms. The fourth-order valence-corrected chi connectivity index (χ4v) is 1.93. The Morgan fingerprint density at radius 3 is 2.52 bits per heavy atom. The average molecular weight is 352 g/mol. The molecule has 1 aromatic heterocycles. The number of aryl methyl sites for hydroxylation is 2. The molecule has 110 valence electrons. The van der Waals surface area contributed by atoms with Gasteiger partial charge in [-0.05, 0) is 37.6 Å². The number of carbonyl (C=O) groups excluding carboxylic acids is 2. The normalized spacial score (nSPS) is 10.2. The molecule has 21 heavy (non-hydrogen) atoms. The monoisotopic (exact) mass is 351 g/mol. The van der Waals surface area contributed by atoms with Crippen LogP contribution in [0, 0.1) is 13.8 Å². The third-order valence-corrected chi connectivity index (χ3v) is 3.55. The van der Waals surface area contributed by atoms with Gasteiger partial charge in [0.15, 0.2) is 5.82 Å². The first-order valence-electron chi connectivity index (χ1n) is 6.23. The Morgan fingerprint density at radius 2 is 1.90 bits per heavy atom. The van der Waals surface area contributed by atoms with Crippen molar-refractivity contribution < 1.29 is 14.1 Å². The zero-order chi connectivity index (χ0) is 15.4. The van der Waals surface area contributed by atoms with Crippen molar-refractivity contribution in [1.29, 1.82) is 0 Å². The van der Waals surface area contributed by atoms with Crippen LogP contribution in [0.15, 0.2) is 33.3 Å². The Balaban J connectivity index is 1.89. The summed E-state index contributed by atoms with van der Waals surface area (Å²) >= 11 is 3.38. The van der Waals surface area contributed by atoms with Crippen LogP contribution in [0.4, 0.5) is 11.5 Å². The molecule has 0 saturated heterocycles. The van der Waals surface area contributed by atoms with Gasteiger partial charge in [0.2, 0.25) is 11.8 Å². The van der Waals surface area contributed by atoms with Crippen molar-refractivity contribution in [3.05, 3.63) is 40.1 Å². The molecule has 0 fully saturated rings. The van der Waals surface area contributed by atoms with Crippen LogP contribution in [0.1, 0.15) is 17.7 Å². The number of carbonyl (C=O) groups is 2. The number of benzene rings is 1. The highest BCUT2D eigenvalue weighted by Crippen LogP contribution is 2.20. The van der Waals surface area contributed by atoms with E-state index in [9.17, 15) is 9.59 Å². The molecule has 2 N–H and O–H groups in total. The van der Waals surface area contributed by atoms with Crippen molar-refractivity contribution in [2.24, 2.45) is 0 Å². The topological polar surface area (TPSA) is 84.2 Å². The van der Waals surface area contributed by atoms with E-state index in [4.69, 9.17) is 4.52 Å². The minimum atomic E-state index is -0.449. The minimum Gasteiger partial charge on any atom is -0.360 e. The van der Waals surface area contributed by atoms with E-state index in [-0.39, 0.29) is 6.42 Å². The molecule has 2 aromatic rings. The molecule has 2 amide bonds. The molecular weight excluding hydrogens is 338 g/mol. The van der Waals surface area contributed by atoms with Gasteiger partial charge in [-0.25, -0.2) is 0 Å². The lowest BCUT2D eigenvalue weighted by Crippen LogP contribution is -2.21. The second-order valence-electron chi connectivity index (χ2n) is 4.56. The molecule has 0 aliphatic heterocycles. The number of nitrogens with zero attached hydrogens (tertiary/aromatic N) is 1. The zero-order valence-electron chi connectivity index (χ0n) is 11.6. The number of halogens is 1. The predicted molar refractivity (Wildman–Crippen MR) is 82.0 cm³/mol. The lowest BCUT2D eigenvalue weighted by Gasteiger charge is -2.07. The van der Waals surface area contributed by atoms with E-state index < -0.39 is 11.8 Å². The Kier molecular flexibility index (Phi) is 4.74. The van der Waals surface area contributed by atoms with Gasteiger partial charge in [0, 0.05) is 16.2 Å². The van der Waals surface area contributed by atoms with E-state index in [0.717, 1.165) is 10.0 Å². The largest absolute Gasteiger partial charge is 0.360 e. The number of hydrogen-bond donors (Lipinski definition) is 2. The van der Waals surface area contributed by atoms with E-state index in [1.807, 2.05) is 19.1 Å². The van der Waals surface area contributed by atoms with E-state index in [0.29, 0.717) is 17.3 Å². The van der Waals surface area contributed by atoms with Crippen molar-refractivity contribution in [3.8, 4) is 0 Å². The van der Waals surface area contributed by atoms with E-state index in [1.165, 1.54) is 0 Å². The average Bonchev–Trinajstić information content (AvgIpc) is 2.79. The van der Waals surface area contributed by atoms with Gasteiger partial charge in [-0.15, -0.1) is 0 Å². The highest BCUT2D eigenvalue weighted by atomic mass is 79.9. The Labute approximate surface area is 130 Å². The van der Waals surface area contributed by atoms with Crippen LogP contribution in [0.2, 0.25) is 0 Å². The molecule has 1 heterocycles. The van der Waals surface area contributed by atoms with Crippen LogP contribution in [0.3, 0.4) is 0 Å². The summed E-state index contributed by atoms with van der Waals surface area (Å²) in [5, 5.41) is 8.78. The first kappa shape index (κ1) is 15.2. The van der Waals surface area contributed by atoms with Crippen LogP contribution < -0.4 is 10.6 Å². The van der Waals surface area contributed by atoms with Crippen LogP contribution in [-0.4, -0.2) is 17.0 Å². The SMILES string of the molecule is Cc1cc(NC(=O)CC(=O)Nc2ccc(Br)c(C)c2)no1. The number of hydrogen-bond acceptors (Lipinski definition) is 4. The van der Waals surface area contributed by atoms with Gasteiger partial charge >= 0.3 is 0 Å². The highest BCUT2D eigenvalue weighted by molar-refractivity contribution is 9.10. The van der Waals surface area contributed by atoms with Gasteiger partial charge in [-0.3, -0.25) is 9.59 Å². The minimum absolute atomic E-state index is 0.291. The number of nitrogens with one attached hydrogen (secondary N) is 2. The standard InChI is InChI=1S/C14H14BrN3O3/c1-8-5-10(3-4-11(8)15)16-13(19)7-14(20)17-12-6-9(2)21-18-12/h3-6H,7H2,1-2H3,(H,16,19)(H,17,18,20). The lowest BCUT2D eigenvalue weighted by atomic mass is 10.2. The Hall–Kier alpha value is -2.15. The van der Waals surface area contributed by atoms with Gasteiger partial charge in [-0.1, -0.05) is 21.1 Å². The fraction of sp³-hybridized carbons (Fsp3) is 0.214. The lowest BCUT2D eigenvalue weighted by molar-refractivity contribution is -0.123. The van der Waals surface area contributed by atoms with E-state index in [2.05, 4.69) is 31.7 Å². The molecule has 0 saturated carbocycles. The third-order valence-electron chi connectivity index (χ3n) is 2.66. The molecule has 0 unspecified atom stereocenters. The maximum absolute atomic E-state index is 11.8. The number of aromatic nitrogens is 1. The zero-order valence-corrected chi connectivity index (χ0v) is 13.2. The first-order valence-corrected chi connectivity index (χ1v) is 7.02. The summed E-state index contributed by atoms with van der Waals surface area (Å²) in [5.41, 5.74) is 1.64. The Bertz CT molecular complexity index is 682. The number of rotatable bonds is 4. The quantitative estimate of drug-likeness (QED) is 0.829. The molecule has 0 aliphatic rings. The second-order valence-corrected chi connectivity index (χ2v) is 5.41. The summed E-state index contributed by atoms with van der Waals surface area (Å²) in [7, 11) is 0. The summed E-state index contributed by atoms with van der Waals surface area (Å²) < 4.78 is 5.78. The maximum Gasteiger partial charge on any atom is 0.235 e. The summed E-state index contributed by atoms with van der Waals surface area (Å²) in [6.07, 6.45) is -0.291. The van der Waals surface area contributed by atoms with Crippen LogP contribution in [-0.2, 0) is 9.59 Å². The van der Waals surface area contributed by atoms with E-state index >= 15 is 0 Å². The molecular formula is C14H14BrN3O3. The molecule has 1 aromatic carbocycles. The van der Waals surface area contributed by atoms with E-state index in [1.54, 1.807) is 19.1 Å². The Morgan fingerprint density at radius 1 is 1.19 bits per heavy atom. The first-order chi connectivity index (χ1) is 9.94. The van der Waals surface area contributed by atoms with Crippen LogP contribution in [0.25, 0.3) is 0 Å². The second kappa shape index (κ2) is 6.53. The van der Waals surface area contributed by atoms with Crippen LogP contribution >= 0.6 is 15.9 Å². The number of amides is 2. The summed E-state index contributed by atoms with van der Waals surface area (Å²) in [4.78, 5) is 23.5. The predicted octanol–water partition coefficient (Wildman–Crippen LogP) is 3.02. The van der Waals surface area contributed by atoms with Crippen molar-refractivity contribution >= 4 is 39.2 Å². The summed E-state index contributed by atoms with van der Waals surface area (Å²) in [6.45, 7) is 3.63. The molecule has 6 nitrogen and oxygen atoms in total. The molecule has 0 radical (unpaired) electrons. The van der Waals surface area contributed by atoms with Gasteiger partial charge in [-0.2, -0.15) is 0 Å². The number of anilines is 2. The van der Waals surface area contributed by atoms with Crippen molar-refractivity contribution in [2.75, 3.05) is 10.6 Å². The summed E-state index contributed by atoms with van der Waals surface area (Å²) in [6, 6.07) is 6.99. The third kappa shape index (κ3) is 4.42. The summed E-state index contributed by atoms with van der Waals surface area (Å²) in [5.74, 6) is 0.0361. The van der Waals surface area contributed by atoms with Gasteiger partial charge in [0.25, 0.3) is 0 Å². The van der Waals surface area contributed by atoms with Crippen LogP contribution in [0.5, 0.6) is 0 Å². The van der Waals surface area contributed by atoms with Crippen molar-refractivity contribution in [1.82, 2.24) is 5.16 Å². The molecule has 0 bridgehead atoms. The van der Waals surface area contributed by atoms with Gasteiger partial charge in [0.05, 0.1) is 0 Å². The molecule has 0 aliphatic carbocycles. The molecule has 0 spiro atoms.